The molecule has 0 bridgehead atoms. The topological polar surface area (TPSA) is 91.0 Å². The summed E-state index contributed by atoms with van der Waals surface area (Å²) in [5.74, 6) is 1.37. The van der Waals surface area contributed by atoms with Crippen molar-refractivity contribution >= 4 is 11.8 Å². The van der Waals surface area contributed by atoms with E-state index in [0.717, 1.165) is 30.7 Å². The fourth-order valence-corrected chi connectivity index (χ4v) is 3.11. The van der Waals surface area contributed by atoms with E-state index in [-0.39, 0.29) is 17.9 Å². The number of aromatic nitrogens is 3. The zero-order valence-corrected chi connectivity index (χ0v) is 14.6. The normalized spacial score (nSPS) is 17.4. The Balaban J connectivity index is 1.74. The minimum absolute atomic E-state index is 0.00164. The Hall–Kier alpha value is -2.70. The molecule has 1 aliphatic rings. The molecule has 0 radical (unpaired) electrons. The molecule has 1 fully saturated rings. The highest BCUT2D eigenvalue weighted by molar-refractivity contribution is 5.94. The molecular formula is C18H23N5O2. The van der Waals surface area contributed by atoms with Crippen molar-refractivity contribution in [1.29, 1.82) is 0 Å². The molecule has 2 amide bonds. The lowest BCUT2D eigenvalue weighted by Gasteiger charge is -2.34. The van der Waals surface area contributed by atoms with Gasteiger partial charge in [-0.1, -0.05) is 12.1 Å². The van der Waals surface area contributed by atoms with Crippen molar-refractivity contribution in [1.82, 2.24) is 25.4 Å². The van der Waals surface area contributed by atoms with Gasteiger partial charge >= 0.3 is 0 Å². The third kappa shape index (κ3) is 4.04. The van der Waals surface area contributed by atoms with E-state index in [1.54, 1.807) is 0 Å². The molecule has 0 aliphatic carbocycles. The number of aryl methyl sites for hydroxylation is 1. The first-order valence-electron chi connectivity index (χ1n) is 8.58. The average molecular weight is 341 g/mol. The van der Waals surface area contributed by atoms with E-state index in [0.29, 0.717) is 24.5 Å². The van der Waals surface area contributed by atoms with Crippen molar-refractivity contribution in [2.45, 2.75) is 45.7 Å². The van der Waals surface area contributed by atoms with Crippen molar-refractivity contribution in [3.05, 3.63) is 47.0 Å². The highest BCUT2D eigenvalue weighted by atomic mass is 16.2. The monoisotopic (exact) mass is 341 g/mol. The third-order valence-electron chi connectivity index (χ3n) is 4.42. The number of carbonyl (C=O) groups is 2. The number of aromatic amines is 1. The number of nitrogens with zero attached hydrogens (tertiary/aromatic N) is 3. The molecule has 132 valence electrons. The first-order chi connectivity index (χ1) is 12.0. The molecule has 2 heterocycles. The largest absolute Gasteiger partial charge is 0.352 e. The quantitative estimate of drug-likeness (QED) is 0.891. The molecule has 1 saturated heterocycles. The Morgan fingerprint density at radius 1 is 1.28 bits per heavy atom. The predicted molar refractivity (Wildman–Crippen MR) is 92.7 cm³/mol. The van der Waals surface area contributed by atoms with Gasteiger partial charge in [0.25, 0.3) is 5.91 Å². The molecule has 0 unspecified atom stereocenters. The molecule has 25 heavy (non-hydrogen) atoms. The lowest BCUT2D eigenvalue weighted by atomic mass is 10.00. The molecule has 1 aromatic carbocycles. The van der Waals surface area contributed by atoms with Gasteiger partial charge in [-0.05, 0) is 43.9 Å². The Bertz CT molecular complexity index is 753. The third-order valence-corrected chi connectivity index (χ3v) is 4.42. The van der Waals surface area contributed by atoms with Crippen molar-refractivity contribution in [2.75, 3.05) is 6.54 Å². The zero-order valence-electron chi connectivity index (χ0n) is 14.6. The van der Waals surface area contributed by atoms with Crippen LogP contribution in [-0.4, -0.2) is 38.4 Å². The summed E-state index contributed by atoms with van der Waals surface area (Å²) in [6.07, 6.45) is 2.94. The minimum Gasteiger partial charge on any atom is -0.352 e. The van der Waals surface area contributed by atoms with Crippen LogP contribution >= 0.6 is 0 Å². The molecule has 1 aromatic heterocycles. The molecule has 3 rings (SSSR count). The number of rotatable bonds is 4. The number of hydrogen-bond acceptors (Lipinski definition) is 4. The fraction of sp³-hybridized carbons (Fsp3) is 0.444. The maximum Gasteiger partial charge on any atom is 0.254 e. The van der Waals surface area contributed by atoms with Gasteiger partial charge in [0.05, 0.1) is 6.04 Å². The molecular weight excluding hydrogens is 318 g/mol. The minimum atomic E-state index is -0.0785. The van der Waals surface area contributed by atoms with Gasteiger partial charge in [-0.2, -0.15) is 5.10 Å². The van der Waals surface area contributed by atoms with Gasteiger partial charge in [0.2, 0.25) is 5.91 Å². The first-order valence-corrected chi connectivity index (χ1v) is 8.58. The number of nitrogens with one attached hydrogen (secondary N) is 2. The molecule has 0 saturated carbocycles. The second-order valence-corrected chi connectivity index (χ2v) is 6.40. The van der Waals surface area contributed by atoms with Crippen LogP contribution in [0.15, 0.2) is 24.3 Å². The van der Waals surface area contributed by atoms with Gasteiger partial charge in [-0.3, -0.25) is 14.7 Å². The number of piperidine rings is 1. The lowest BCUT2D eigenvalue weighted by Crippen LogP contribution is -2.39. The summed E-state index contributed by atoms with van der Waals surface area (Å²) in [5.41, 5.74) is 1.61. The summed E-state index contributed by atoms with van der Waals surface area (Å²) < 4.78 is 0. The molecule has 2 aromatic rings. The number of amides is 2. The number of H-pyrrole nitrogens is 1. The molecule has 1 atom stereocenters. The first kappa shape index (κ1) is 17.1. The SMILES string of the molecule is CC(=O)NCc1ccc(C(=O)N2CCCC[C@H]2c2n[nH]c(C)n2)cc1. The summed E-state index contributed by atoms with van der Waals surface area (Å²) in [5, 5.41) is 9.86. The van der Waals surface area contributed by atoms with E-state index in [4.69, 9.17) is 0 Å². The van der Waals surface area contributed by atoms with Gasteiger partial charge in [-0.15, -0.1) is 0 Å². The fourth-order valence-electron chi connectivity index (χ4n) is 3.11. The van der Waals surface area contributed by atoms with E-state index < -0.39 is 0 Å². The number of carbonyl (C=O) groups excluding carboxylic acids is 2. The molecule has 2 N–H and O–H groups in total. The number of benzene rings is 1. The Kier molecular flexibility index (Phi) is 5.11. The predicted octanol–water partition coefficient (Wildman–Crippen LogP) is 2.12. The standard InChI is InChI=1S/C18H23N5O2/c1-12-20-17(22-21-12)16-5-3-4-10-23(16)18(25)15-8-6-14(7-9-15)11-19-13(2)24/h6-9,16H,3-5,10-11H2,1-2H3,(H,19,24)(H,20,21,22)/t16-/m0/s1. The van der Waals surface area contributed by atoms with Gasteiger partial charge in [0.1, 0.15) is 5.82 Å². The summed E-state index contributed by atoms with van der Waals surface area (Å²) in [7, 11) is 0. The van der Waals surface area contributed by atoms with E-state index in [2.05, 4.69) is 20.5 Å². The van der Waals surface area contributed by atoms with Crippen molar-refractivity contribution in [3.63, 3.8) is 0 Å². The summed E-state index contributed by atoms with van der Waals surface area (Å²) in [6, 6.07) is 7.30. The Morgan fingerprint density at radius 3 is 2.68 bits per heavy atom. The van der Waals surface area contributed by atoms with Crippen LogP contribution in [-0.2, 0) is 11.3 Å². The Morgan fingerprint density at radius 2 is 2.04 bits per heavy atom. The maximum atomic E-state index is 13.0. The van der Waals surface area contributed by atoms with Crippen LogP contribution in [0.1, 0.15) is 59.8 Å². The number of likely N-dealkylation sites (tertiary alicyclic amines) is 1. The van der Waals surface area contributed by atoms with Crippen LogP contribution in [0, 0.1) is 6.92 Å². The smallest absolute Gasteiger partial charge is 0.254 e. The van der Waals surface area contributed by atoms with Gasteiger partial charge in [0, 0.05) is 25.6 Å². The summed E-state index contributed by atoms with van der Waals surface area (Å²) in [6.45, 7) is 4.52. The Labute approximate surface area is 146 Å². The van der Waals surface area contributed by atoms with Gasteiger partial charge < -0.3 is 10.2 Å². The van der Waals surface area contributed by atoms with Crippen LogP contribution in [0.4, 0.5) is 0 Å². The van der Waals surface area contributed by atoms with Crippen LogP contribution in [0.3, 0.4) is 0 Å². The second kappa shape index (κ2) is 7.46. The highest BCUT2D eigenvalue weighted by Gasteiger charge is 2.31. The summed E-state index contributed by atoms with van der Waals surface area (Å²) >= 11 is 0. The van der Waals surface area contributed by atoms with E-state index in [9.17, 15) is 9.59 Å². The van der Waals surface area contributed by atoms with Crippen molar-refractivity contribution < 1.29 is 9.59 Å². The van der Waals surface area contributed by atoms with Crippen LogP contribution in [0.5, 0.6) is 0 Å². The van der Waals surface area contributed by atoms with Gasteiger partial charge in [0.15, 0.2) is 5.82 Å². The highest BCUT2D eigenvalue weighted by Crippen LogP contribution is 2.30. The van der Waals surface area contributed by atoms with Crippen LogP contribution < -0.4 is 5.32 Å². The molecule has 1 aliphatic heterocycles. The average Bonchev–Trinajstić information content (AvgIpc) is 3.06. The lowest BCUT2D eigenvalue weighted by molar-refractivity contribution is -0.119. The second-order valence-electron chi connectivity index (χ2n) is 6.40. The van der Waals surface area contributed by atoms with E-state index >= 15 is 0 Å². The van der Waals surface area contributed by atoms with Crippen LogP contribution in [0.2, 0.25) is 0 Å². The molecule has 7 nitrogen and oxygen atoms in total. The number of hydrogen-bond donors (Lipinski definition) is 2. The van der Waals surface area contributed by atoms with E-state index in [1.165, 1.54) is 6.92 Å². The summed E-state index contributed by atoms with van der Waals surface area (Å²) in [4.78, 5) is 30.2. The van der Waals surface area contributed by atoms with Crippen LogP contribution in [0.25, 0.3) is 0 Å². The van der Waals surface area contributed by atoms with Crippen molar-refractivity contribution in [2.24, 2.45) is 0 Å². The molecule has 7 heteroatoms. The van der Waals surface area contributed by atoms with E-state index in [1.807, 2.05) is 36.1 Å². The van der Waals surface area contributed by atoms with Crippen molar-refractivity contribution in [3.8, 4) is 0 Å². The van der Waals surface area contributed by atoms with Gasteiger partial charge in [-0.25, -0.2) is 4.98 Å². The maximum absolute atomic E-state index is 13.0. The molecule has 0 spiro atoms. The zero-order chi connectivity index (χ0) is 17.8.